The summed E-state index contributed by atoms with van der Waals surface area (Å²) in [6.45, 7) is 1.65. The summed E-state index contributed by atoms with van der Waals surface area (Å²) < 4.78 is 15.3. The maximum Gasteiger partial charge on any atom is 0.318 e. The van der Waals surface area contributed by atoms with Gasteiger partial charge in [-0.15, -0.1) is 0 Å². The minimum atomic E-state index is -0.727. The van der Waals surface area contributed by atoms with Gasteiger partial charge in [-0.1, -0.05) is 12.1 Å². The Labute approximate surface area is 190 Å². The highest BCUT2D eigenvalue weighted by Crippen LogP contribution is 2.34. The number of thioether (sulfide) groups is 1. The fourth-order valence-corrected chi connectivity index (χ4v) is 5.07. The third-order valence-corrected chi connectivity index (χ3v) is 6.73. The molecule has 1 saturated heterocycles. The molecule has 7 nitrogen and oxygen atoms in total. The first-order chi connectivity index (χ1) is 15.4. The topological polar surface area (TPSA) is 83.4 Å². The SMILES string of the molecule is CSCC[C@H](NC(=O)N1C[C@H]2C[C@@H](C1)c1cccc(=O)n1C2)C(=O)Nc1cccc(F)c1. The van der Waals surface area contributed by atoms with Crippen LogP contribution in [0.3, 0.4) is 0 Å². The number of aromatic nitrogens is 1. The predicted octanol–water partition coefficient (Wildman–Crippen LogP) is 2.88. The standard InChI is InChI=1S/C23H27FN4O3S/c1-32-9-8-19(22(30)25-18-5-2-4-17(24)11-18)26-23(31)27-12-15-10-16(14-27)20-6-3-7-21(29)28(20)13-15/h2-7,11,15-16,19H,8-10,12-14H2,1H3,(H,25,30)(H,26,31)/t15-,16+,19+/m1/s1. The number of hydrogen-bond acceptors (Lipinski definition) is 4. The van der Waals surface area contributed by atoms with Crippen LogP contribution in [0, 0.1) is 11.7 Å². The minimum absolute atomic E-state index is 0.00116. The number of halogens is 1. The van der Waals surface area contributed by atoms with Gasteiger partial charge in [0.1, 0.15) is 11.9 Å². The van der Waals surface area contributed by atoms with E-state index in [1.54, 1.807) is 34.9 Å². The second-order valence-corrected chi connectivity index (χ2v) is 9.37. The molecule has 32 heavy (non-hydrogen) atoms. The number of rotatable bonds is 6. The Balaban J connectivity index is 1.44. The van der Waals surface area contributed by atoms with E-state index in [0.717, 1.165) is 12.1 Å². The van der Waals surface area contributed by atoms with E-state index in [1.807, 2.05) is 16.9 Å². The molecule has 2 aliphatic heterocycles. The molecule has 9 heteroatoms. The summed E-state index contributed by atoms with van der Waals surface area (Å²) in [6.07, 6.45) is 3.35. The Hall–Kier alpha value is -2.81. The van der Waals surface area contributed by atoms with E-state index >= 15 is 0 Å². The zero-order valence-corrected chi connectivity index (χ0v) is 18.7. The minimum Gasteiger partial charge on any atom is -0.326 e. The third-order valence-electron chi connectivity index (χ3n) is 6.08. The van der Waals surface area contributed by atoms with Gasteiger partial charge in [0.2, 0.25) is 5.91 Å². The Morgan fingerprint density at radius 1 is 1.19 bits per heavy atom. The number of amides is 3. The molecule has 170 valence electrons. The van der Waals surface area contributed by atoms with Crippen LogP contribution in [-0.4, -0.2) is 52.5 Å². The lowest BCUT2D eigenvalue weighted by Crippen LogP contribution is -2.55. The van der Waals surface area contributed by atoms with E-state index in [-0.39, 0.29) is 29.3 Å². The maximum atomic E-state index is 13.5. The van der Waals surface area contributed by atoms with Crippen molar-refractivity contribution in [2.24, 2.45) is 5.92 Å². The van der Waals surface area contributed by atoms with Crippen molar-refractivity contribution in [3.8, 4) is 0 Å². The van der Waals surface area contributed by atoms with Crippen molar-refractivity contribution < 1.29 is 14.0 Å². The van der Waals surface area contributed by atoms with Crippen LogP contribution in [0.1, 0.15) is 24.5 Å². The van der Waals surface area contributed by atoms with Gasteiger partial charge in [0.25, 0.3) is 5.56 Å². The van der Waals surface area contributed by atoms with Gasteiger partial charge in [0.15, 0.2) is 0 Å². The molecular formula is C23H27FN4O3S. The first kappa shape index (κ1) is 22.4. The lowest BCUT2D eigenvalue weighted by Gasteiger charge is -2.43. The smallest absolute Gasteiger partial charge is 0.318 e. The molecule has 0 spiro atoms. The monoisotopic (exact) mass is 458 g/mol. The largest absolute Gasteiger partial charge is 0.326 e. The molecule has 3 heterocycles. The lowest BCUT2D eigenvalue weighted by atomic mass is 9.83. The van der Waals surface area contributed by atoms with Crippen molar-refractivity contribution in [2.45, 2.75) is 31.3 Å². The van der Waals surface area contributed by atoms with Crippen molar-refractivity contribution in [1.82, 2.24) is 14.8 Å². The van der Waals surface area contributed by atoms with Gasteiger partial charge < -0.3 is 20.1 Å². The molecule has 4 rings (SSSR count). The Kier molecular flexibility index (Phi) is 6.83. The highest BCUT2D eigenvalue weighted by atomic mass is 32.2. The summed E-state index contributed by atoms with van der Waals surface area (Å²) >= 11 is 1.59. The Morgan fingerprint density at radius 2 is 2.00 bits per heavy atom. The van der Waals surface area contributed by atoms with Crippen LogP contribution in [-0.2, 0) is 11.3 Å². The highest BCUT2D eigenvalue weighted by molar-refractivity contribution is 7.98. The van der Waals surface area contributed by atoms with Crippen LogP contribution in [0.5, 0.6) is 0 Å². The van der Waals surface area contributed by atoms with Gasteiger partial charge in [0, 0.05) is 43.0 Å². The fourth-order valence-electron chi connectivity index (χ4n) is 4.60. The number of likely N-dealkylation sites (tertiary alicyclic amines) is 1. The summed E-state index contributed by atoms with van der Waals surface area (Å²) in [6, 6.07) is 9.97. The van der Waals surface area contributed by atoms with Crippen molar-refractivity contribution >= 4 is 29.4 Å². The van der Waals surface area contributed by atoms with E-state index < -0.39 is 11.9 Å². The van der Waals surface area contributed by atoms with E-state index in [4.69, 9.17) is 0 Å². The van der Waals surface area contributed by atoms with Crippen LogP contribution in [0.4, 0.5) is 14.9 Å². The van der Waals surface area contributed by atoms with E-state index in [0.29, 0.717) is 37.5 Å². The lowest BCUT2D eigenvalue weighted by molar-refractivity contribution is -0.118. The second kappa shape index (κ2) is 9.77. The Bertz CT molecular complexity index is 1060. The van der Waals surface area contributed by atoms with Crippen LogP contribution in [0.15, 0.2) is 47.3 Å². The molecule has 2 N–H and O–H groups in total. The quantitative estimate of drug-likeness (QED) is 0.697. The molecule has 0 unspecified atom stereocenters. The van der Waals surface area contributed by atoms with E-state index in [2.05, 4.69) is 10.6 Å². The highest BCUT2D eigenvalue weighted by Gasteiger charge is 2.37. The Morgan fingerprint density at radius 3 is 2.78 bits per heavy atom. The molecule has 1 aromatic carbocycles. The molecule has 2 aromatic rings. The zero-order chi connectivity index (χ0) is 22.7. The number of carbonyl (C=O) groups is 2. The second-order valence-electron chi connectivity index (χ2n) is 8.39. The number of hydrogen-bond donors (Lipinski definition) is 2. The van der Waals surface area contributed by atoms with Crippen molar-refractivity contribution in [3.05, 3.63) is 64.3 Å². The van der Waals surface area contributed by atoms with Crippen LogP contribution < -0.4 is 16.2 Å². The summed E-state index contributed by atoms with van der Waals surface area (Å²) in [5.74, 6) is 0.202. The molecule has 2 aliphatic rings. The molecule has 3 amide bonds. The molecule has 0 radical (unpaired) electrons. The number of pyridine rings is 1. The molecule has 1 fully saturated rings. The molecular weight excluding hydrogens is 431 g/mol. The summed E-state index contributed by atoms with van der Waals surface area (Å²) in [5.41, 5.74) is 1.32. The van der Waals surface area contributed by atoms with Gasteiger partial charge in [-0.25, -0.2) is 9.18 Å². The van der Waals surface area contributed by atoms with Gasteiger partial charge in [-0.3, -0.25) is 9.59 Å². The van der Waals surface area contributed by atoms with Crippen LogP contribution >= 0.6 is 11.8 Å². The number of anilines is 1. The van der Waals surface area contributed by atoms with Crippen molar-refractivity contribution in [1.29, 1.82) is 0 Å². The van der Waals surface area contributed by atoms with Crippen LogP contribution in [0.2, 0.25) is 0 Å². The van der Waals surface area contributed by atoms with E-state index in [1.165, 1.54) is 18.2 Å². The molecule has 0 saturated carbocycles. The number of carbonyl (C=O) groups excluding carboxylic acids is 2. The zero-order valence-electron chi connectivity index (χ0n) is 17.9. The first-order valence-corrected chi connectivity index (χ1v) is 12.1. The number of benzene rings is 1. The van der Waals surface area contributed by atoms with Gasteiger partial charge >= 0.3 is 6.03 Å². The number of fused-ring (bicyclic) bond motifs is 4. The normalized spacial score (nSPS) is 20.2. The summed E-state index contributed by atoms with van der Waals surface area (Å²) in [4.78, 5) is 39.9. The van der Waals surface area contributed by atoms with Gasteiger partial charge in [0.05, 0.1) is 0 Å². The van der Waals surface area contributed by atoms with Crippen molar-refractivity contribution in [2.75, 3.05) is 30.4 Å². The summed E-state index contributed by atoms with van der Waals surface area (Å²) in [5, 5.41) is 5.58. The third kappa shape index (κ3) is 4.98. The van der Waals surface area contributed by atoms with Crippen LogP contribution in [0.25, 0.3) is 0 Å². The summed E-state index contributed by atoms with van der Waals surface area (Å²) in [7, 11) is 0. The molecule has 1 aromatic heterocycles. The molecule has 0 aliphatic carbocycles. The number of nitrogens with one attached hydrogen (secondary N) is 2. The van der Waals surface area contributed by atoms with Gasteiger partial charge in [-0.05, 0) is 55.0 Å². The van der Waals surface area contributed by atoms with Crippen molar-refractivity contribution in [3.63, 3.8) is 0 Å². The predicted molar refractivity (Wildman–Crippen MR) is 123 cm³/mol. The maximum absolute atomic E-state index is 13.5. The molecule has 3 atom stereocenters. The first-order valence-electron chi connectivity index (χ1n) is 10.7. The number of nitrogens with zero attached hydrogens (tertiary/aromatic N) is 2. The average molecular weight is 459 g/mol. The van der Waals surface area contributed by atoms with Gasteiger partial charge in [-0.2, -0.15) is 11.8 Å². The number of urea groups is 1. The average Bonchev–Trinajstić information content (AvgIpc) is 2.77. The fraction of sp³-hybridized carbons (Fsp3) is 0.435. The molecule has 2 bridgehead atoms. The number of piperidine rings is 1. The van der Waals surface area contributed by atoms with E-state index in [9.17, 15) is 18.8 Å².